The molecule has 0 atom stereocenters. The summed E-state index contributed by atoms with van der Waals surface area (Å²) in [6.45, 7) is -1.27. The molecule has 0 amide bonds. The van der Waals surface area contributed by atoms with Crippen molar-refractivity contribution in [3.63, 3.8) is 0 Å². The van der Waals surface area contributed by atoms with Gasteiger partial charge in [0.2, 0.25) is 5.88 Å². The molecule has 4 nitrogen and oxygen atoms in total. The first kappa shape index (κ1) is 19.6. The van der Waals surface area contributed by atoms with Crippen molar-refractivity contribution in [2.24, 2.45) is 0 Å². The van der Waals surface area contributed by atoms with E-state index in [1.54, 1.807) is 19.1 Å². The molecule has 0 N–H and O–H groups in total. The minimum Gasteiger partial charge on any atom is -0.417 e. The molecule has 2 aromatic carbocycles. The van der Waals surface area contributed by atoms with Crippen molar-refractivity contribution in [3.8, 4) is 11.6 Å². The lowest BCUT2D eigenvalue weighted by molar-refractivity contribution is -0.0532. The standard InChI is InChI=1S/C24H20F3N3O/c1-14-18-3-2-4-20(25)22(18)28-23(31-24(26)27)19(14)13-15-5-9-17(10-6-15)30-12-11-21(29-30)16-7-8-16/h2-6,9-12,16,24H,7-8,13H2,1H3. The van der Waals surface area contributed by atoms with Gasteiger partial charge in [0.1, 0.15) is 11.3 Å². The molecule has 1 saturated carbocycles. The van der Waals surface area contributed by atoms with E-state index in [9.17, 15) is 13.2 Å². The smallest absolute Gasteiger partial charge is 0.388 e. The number of benzene rings is 2. The molecule has 1 aliphatic carbocycles. The number of para-hydroxylation sites is 1. The molecule has 0 bridgehead atoms. The molecule has 2 aromatic heterocycles. The summed E-state index contributed by atoms with van der Waals surface area (Å²) >= 11 is 0. The third kappa shape index (κ3) is 3.87. The molecule has 0 radical (unpaired) electrons. The van der Waals surface area contributed by atoms with E-state index in [4.69, 9.17) is 0 Å². The SMILES string of the molecule is Cc1c(Cc2ccc(-n3ccc(C4CC4)n3)cc2)c(OC(F)F)nc2c(F)cccc12. The molecule has 0 saturated heterocycles. The van der Waals surface area contributed by atoms with E-state index in [0.29, 0.717) is 28.9 Å². The van der Waals surface area contributed by atoms with Crippen LogP contribution in [0.15, 0.2) is 54.7 Å². The van der Waals surface area contributed by atoms with Gasteiger partial charge in [0.15, 0.2) is 0 Å². The van der Waals surface area contributed by atoms with Gasteiger partial charge in [-0.2, -0.15) is 13.9 Å². The monoisotopic (exact) mass is 423 g/mol. The van der Waals surface area contributed by atoms with Crippen molar-refractivity contribution in [2.75, 3.05) is 0 Å². The highest BCUT2D eigenvalue weighted by molar-refractivity contribution is 5.84. The Morgan fingerprint density at radius 3 is 2.58 bits per heavy atom. The Hall–Kier alpha value is -3.35. The average molecular weight is 423 g/mol. The summed E-state index contributed by atoms with van der Waals surface area (Å²) in [5.41, 5.74) is 4.16. The van der Waals surface area contributed by atoms with Gasteiger partial charge in [0, 0.05) is 29.5 Å². The minimum atomic E-state index is -3.04. The Morgan fingerprint density at radius 1 is 1.10 bits per heavy atom. The van der Waals surface area contributed by atoms with Crippen LogP contribution in [0.4, 0.5) is 13.2 Å². The average Bonchev–Trinajstić information content (AvgIpc) is 3.48. The normalized spacial score (nSPS) is 13.8. The molecule has 1 aliphatic rings. The highest BCUT2D eigenvalue weighted by atomic mass is 19.3. The van der Waals surface area contributed by atoms with Crippen LogP contribution in [0.1, 0.15) is 41.1 Å². The number of aryl methyl sites for hydroxylation is 1. The number of hydrogen-bond acceptors (Lipinski definition) is 3. The van der Waals surface area contributed by atoms with E-state index < -0.39 is 12.4 Å². The summed E-state index contributed by atoms with van der Waals surface area (Å²) in [4.78, 5) is 4.07. The molecular formula is C24H20F3N3O. The van der Waals surface area contributed by atoms with Crippen LogP contribution in [-0.4, -0.2) is 21.4 Å². The van der Waals surface area contributed by atoms with E-state index >= 15 is 0 Å². The predicted molar refractivity (Wildman–Crippen MR) is 111 cm³/mol. The van der Waals surface area contributed by atoms with Gasteiger partial charge in [-0.1, -0.05) is 24.3 Å². The number of aromatic nitrogens is 3. The van der Waals surface area contributed by atoms with E-state index in [1.807, 2.05) is 41.2 Å². The first-order valence-corrected chi connectivity index (χ1v) is 10.2. The number of hydrogen-bond donors (Lipinski definition) is 0. The zero-order chi connectivity index (χ0) is 21.5. The van der Waals surface area contributed by atoms with Crippen LogP contribution >= 0.6 is 0 Å². The first-order chi connectivity index (χ1) is 15.0. The van der Waals surface area contributed by atoms with Crippen molar-refractivity contribution in [1.29, 1.82) is 0 Å². The van der Waals surface area contributed by atoms with Crippen LogP contribution in [0.5, 0.6) is 5.88 Å². The van der Waals surface area contributed by atoms with Gasteiger partial charge in [-0.05, 0) is 55.2 Å². The number of ether oxygens (including phenoxy) is 1. The van der Waals surface area contributed by atoms with Crippen LogP contribution in [0.3, 0.4) is 0 Å². The summed E-state index contributed by atoms with van der Waals surface area (Å²) in [6.07, 6.45) is 4.67. The topological polar surface area (TPSA) is 39.9 Å². The summed E-state index contributed by atoms with van der Waals surface area (Å²) in [5, 5.41) is 5.21. The van der Waals surface area contributed by atoms with Gasteiger partial charge < -0.3 is 4.74 Å². The van der Waals surface area contributed by atoms with E-state index in [-0.39, 0.29) is 11.4 Å². The molecule has 4 aromatic rings. The molecule has 2 heterocycles. The van der Waals surface area contributed by atoms with Gasteiger partial charge in [0.05, 0.1) is 11.4 Å². The van der Waals surface area contributed by atoms with Gasteiger partial charge in [-0.15, -0.1) is 0 Å². The zero-order valence-electron chi connectivity index (χ0n) is 16.9. The maximum atomic E-state index is 14.2. The Bertz CT molecular complexity index is 1250. The number of alkyl halides is 2. The fourth-order valence-corrected chi connectivity index (χ4v) is 3.86. The van der Waals surface area contributed by atoms with Crippen LogP contribution in [0, 0.1) is 12.7 Å². The first-order valence-electron chi connectivity index (χ1n) is 10.2. The van der Waals surface area contributed by atoms with E-state index in [1.165, 1.54) is 18.9 Å². The third-order valence-corrected chi connectivity index (χ3v) is 5.70. The minimum absolute atomic E-state index is 0.0277. The van der Waals surface area contributed by atoms with E-state index in [0.717, 1.165) is 16.9 Å². The largest absolute Gasteiger partial charge is 0.417 e. The number of nitrogens with zero attached hydrogens (tertiary/aromatic N) is 3. The van der Waals surface area contributed by atoms with Crippen molar-refractivity contribution in [2.45, 2.75) is 38.7 Å². The summed E-state index contributed by atoms with van der Waals surface area (Å²) in [5.74, 6) is -0.224. The molecule has 5 rings (SSSR count). The molecule has 158 valence electrons. The maximum absolute atomic E-state index is 14.2. The lowest BCUT2D eigenvalue weighted by atomic mass is 9.98. The second kappa shape index (κ2) is 7.72. The Morgan fingerprint density at radius 2 is 1.87 bits per heavy atom. The number of fused-ring (bicyclic) bond motifs is 1. The van der Waals surface area contributed by atoms with Crippen LogP contribution in [0.2, 0.25) is 0 Å². The zero-order valence-corrected chi connectivity index (χ0v) is 16.9. The number of halogens is 3. The predicted octanol–water partition coefficient (Wildman–Crippen LogP) is 5.94. The fourth-order valence-electron chi connectivity index (χ4n) is 3.86. The van der Waals surface area contributed by atoms with Crippen LogP contribution < -0.4 is 4.74 Å². The van der Waals surface area contributed by atoms with Crippen molar-refractivity contribution < 1.29 is 17.9 Å². The number of rotatable bonds is 6. The van der Waals surface area contributed by atoms with Crippen molar-refractivity contribution in [1.82, 2.24) is 14.8 Å². The molecular weight excluding hydrogens is 403 g/mol. The van der Waals surface area contributed by atoms with Crippen LogP contribution in [-0.2, 0) is 6.42 Å². The van der Waals surface area contributed by atoms with Crippen molar-refractivity contribution in [3.05, 3.63) is 82.9 Å². The summed E-state index contributed by atoms with van der Waals surface area (Å²) < 4.78 is 46.7. The number of pyridine rings is 1. The summed E-state index contributed by atoms with van der Waals surface area (Å²) in [7, 11) is 0. The highest BCUT2D eigenvalue weighted by Crippen LogP contribution is 2.39. The molecule has 1 fully saturated rings. The Labute approximate surface area is 177 Å². The lowest BCUT2D eigenvalue weighted by Crippen LogP contribution is -2.09. The van der Waals surface area contributed by atoms with Gasteiger partial charge >= 0.3 is 6.61 Å². The molecule has 31 heavy (non-hydrogen) atoms. The van der Waals surface area contributed by atoms with Crippen molar-refractivity contribution >= 4 is 10.9 Å². The maximum Gasteiger partial charge on any atom is 0.388 e. The van der Waals surface area contributed by atoms with E-state index in [2.05, 4.69) is 14.8 Å². The van der Waals surface area contributed by atoms with Crippen LogP contribution in [0.25, 0.3) is 16.6 Å². The highest BCUT2D eigenvalue weighted by Gasteiger charge is 2.26. The van der Waals surface area contributed by atoms with Gasteiger partial charge in [-0.3, -0.25) is 0 Å². The third-order valence-electron chi connectivity index (χ3n) is 5.70. The molecule has 0 unspecified atom stereocenters. The van der Waals surface area contributed by atoms with Gasteiger partial charge in [-0.25, -0.2) is 14.1 Å². The molecule has 0 aliphatic heterocycles. The summed E-state index contributed by atoms with van der Waals surface area (Å²) in [6, 6.07) is 14.3. The second-order valence-corrected chi connectivity index (χ2v) is 7.84. The lowest BCUT2D eigenvalue weighted by Gasteiger charge is -2.15. The van der Waals surface area contributed by atoms with Gasteiger partial charge in [0.25, 0.3) is 0 Å². The molecule has 7 heteroatoms. The Balaban J connectivity index is 1.48. The molecule has 0 spiro atoms. The Kier molecular flexibility index (Phi) is 4.88. The second-order valence-electron chi connectivity index (χ2n) is 7.84. The quantitative estimate of drug-likeness (QED) is 0.385. The fraction of sp³-hybridized carbons (Fsp3) is 0.250.